The minimum Gasteiger partial charge on any atom is -0.491 e. The Hall–Kier alpha value is -1.50. The van der Waals surface area contributed by atoms with Crippen molar-refractivity contribution in [1.82, 2.24) is 0 Å². The minimum absolute atomic E-state index is 0.0351. The fourth-order valence-corrected chi connectivity index (χ4v) is 2.41. The number of Topliss-reactive ketones (excluding diaryl/α,β-unsaturated/α-hetero) is 1. The molecule has 1 aliphatic rings. The van der Waals surface area contributed by atoms with Gasteiger partial charge < -0.3 is 4.74 Å². The number of aryl methyl sites for hydroxylation is 1. The summed E-state index contributed by atoms with van der Waals surface area (Å²) in [5.41, 5.74) is 1.09. The van der Waals surface area contributed by atoms with Gasteiger partial charge >= 0.3 is 6.18 Å². The quantitative estimate of drug-likeness (QED) is 0.797. The highest BCUT2D eigenvalue weighted by atomic mass is 32.2. The Labute approximate surface area is 111 Å². The van der Waals surface area contributed by atoms with Crippen molar-refractivity contribution < 1.29 is 27.5 Å². The third kappa shape index (κ3) is 2.91. The molecule has 1 aromatic carbocycles. The van der Waals surface area contributed by atoms with Crippen LogP contribution in [0, 0.1) is 6.92 Å². The molecule has 0 aromatic heterocycles. The van der Waals surface area contributed by atoms with Gasteiger partial charge in [-0.05, 0) is 24.6 Å². The van der Waals surface area contributed by atoms with E-state index >= 15 is 0 Å². The second-order valence-corrected chi connectivity index (χ2v) is 5.24. The maximum absolute atomic E-state index is 12.2. The van der Waals surface area contributed by atoms with Gasteiger partial charge in [-0.15, -0.1) is 0 Å². The summed E-state index contributed by atoms with van der Waals surface area (Å²) in [5, 5.41) is -3.13. The number of benzene rings is 1. The first-order chi connectivity index (χ1) is 8.79. The third-order valence-corrected chi connectivity index (χ3v) is 3.65. The van der Waals surface area contributed by atoms with Crippen molar-refractivity contribution in [1.29, 1.82) is 0 Å². The molecule has 7 heteroatoms. The van der Waals surface area contributed by atoms with E-state index in [0.29, 0.717) is 5.75 Å². The number of thioether (sulfide) groups is 1. The second kappa shape index (κ2) is 4.88. The van der Waals surface area contributed by atoms with Crippen LogP contribution in [-0.4, -0.2) is 28.9 Å². The van der Waals surface area contributed by atoms with Crippen LogP contribution in [0.25, 0.3) is 0 Å². The van der Waals surface area contributed by atoms with Crippen molar-refractivity contribution in [2.45, 2.75) is 18.3 Å². The van der Waals surface area contributed by atoms with Crippen molar-refractivity contribution in [2.75, 3.05) is 6.61 Å². The lowest BCUT2D eigenvalue weighted by molar-refractivity contribution is -0.160. The molecule has 0 amide bonds. The summed E-state index contributed by atoms with van der Waals surface area (Å²) in [4.78, 5) is 22.8. The molecule has 1 aliphatic heterocycles. The van der Waals surface area contributed by atoms with Crippen LogP contribution in [0.15, 0.2) is 18.2 Å². The molecule has 1 unspecified atom stereocenters. The lowest BCUT2D eigenvalue weighted by atomic mass is 10.0. The first-order valence-electron chi connectivity index (χ1n) is 5.34. The van der Waals surface area contributed by atoms with E-state index in [4.69, 9.17) is 4.74 Å². The van der Waals surface area contributed by atoms with Crippen LogP contribution in [0.2, 0.25) is 0 Å². The van der Waals surface area contributed by atoms with Crippen molar-refractivity contribution in [2.24, 2.45) is 0 Å². The molecule has 0 radical (unpaired) electrons. The number of carbonyl (C=O) groups is 2. The molecule has 2 rings (SSSR count). The number of hydrogen-bond donors (Lipinski definition) is 0. The van der Waals surface area contributed by atoms with E-state index in [-0.39, 0.29) is 23.9 Å². The molecule has 0 N–H and O–H groups in total. The second-order valence-electron chi connectivity index (χ2n) is 4.07. The van der Waals surface area contributed by atoms with Gasteiger partial charge in [0.25, 0.3) is 5.12 Å². The summed E-state index contributed by atoms with van der Waals surface area (Å²) in [6, 6.07) is 4.80. The highest BCUT2D eigenvalue weighted by Crippen LogP contribution is 2.33. The number of ketones is 1. The number of ether oxygens (including phenoxy) is 1. The molecule has 19 heavy (non-hydrogen) atoms. The zero-order valence-corrected chi connectivity index (χ0v) is 10.6. The monoisotopic (exact) mass is 290 g/mol. The fourth-order valence-electron chi connectivity index (χ4n) is 1.65. The highest BCUT2D eigenvalue weighted by molar-refractivity contribution is 8.14. The number of carbonyl (C=O) groups excluding carboxylic acids is 2. The number of fused-ring (bicyclic) bond motifs is 1. The van der Waals surface area contributed by atoms with Gasteiger partial charge in [0.2, 0.25) is 0 Å². The van der Waals surface area contributed by atoms with E-state index in [9.17, 15) is 22.8 Å². The maximum atomic E-state index is 12.2. The van der Waals surface area contributed by atoms with Crippen LogP contribution >= 0.6 is 11.8 Å². The molecule has 0 bridgehead atoms. The van der Waals surface area contributed by atoms with Crippen LogP contribution in [-0.2, 0) is 4.79 Å². The minimum atomic E-state index is -4.95. The van der Waals surface area contributed by atoms with Crippen LogP contribution in [0.4, 0.5) is 13.2 Å². The fraction of sp³-hybridized carbons (Fsp3) is 0.333. The molecule has 1 aromatic rings. The van der Waals surface area contributed by atoms with Gasteiger partial charge in [0.1, 0.15) is 17.6 Å². The van der Waals surface area contributed by atoms with Crippen molar-refractivity contribution in [3.8, 4) is 5.75 Å². The average Bonchev–Trinajstić information content (AvgIpc) is 2.31. The SMILES string of the molecule is Cc1ccc2c(c1)OCC(SC(=O)C(F)(F)F)C2=O. The van der Waals surface area contributed by atoms with Crippen molar-refractivity contribution in [3.05, 3.63) is 29.3 Å². The number of rotatable bonds is 1. The predicted octanol–water partition coefficient (Wildman–Crippen LogP) is 2.76. The smallest absolute Gasteiger partial charge is 0.460 e. The van der Waals surface area contributed by atoms with E-state index < -0.39 is 22.3 Å². The molecule has 0 aliphatic carbocycles. The predicted molar refractivity (Wildman–Crippen MR) is 63.4 cm³/mol. The Morgan fingerprint density at radius 3 is 2.74 bits per heavy atom. The lowest BCUT2D eigenvalue weighted by Crippen LogP contribution is -2.34. The van der Waals surface area contributed by atoms with Gasteiger partial charge in [-0.2, -0.15) is 13.2 Å². The van der Waals surface area contributed by atoms with E-state index in [1.165, 1.54) is 6.07 Å². The topological polar surface area (TPSA) is 43.4 Å². The van der Waals surface area contributed by atoms with Gasteiger partial charge in [-0.1, -0.05) is 17.8 Å². The molecule has 0 saturated heterocycles. The Bertz CT molecular complexity index is 540. The van der Waals surface area contributed by atoms with Crippen LogP contribution in [0.3, 0.4) is 0 Å². The Morgan fingerprint density at radius 2 is 2.11 bits per heavy atom. The summed E-state index contributed by atoms with van der Waals surface area (Å²) < 4.78 is 41.7. The summed E-state index contributed by atoms with van der Waals surface area (Å²) in [6.45, 7) is 1.57. The average molecular weight is 290 g/mol. The van der Waals surface area contributed by atoms with Crippen molar-refractivity contribution >= 4 is 22.7 Å². The van der Waals surface area contributed by atoms with Crippen molar-refractivity contribution in [3.63, 3.8) is 0 Å². The van der Waals surface area contributed by atoms with E-state index in [0.717, 1.165) is 5.56 Å². The summed E-state index contributed by atoms with van der Waals surface area (Å²) in [5.74, 6) is -0.162. The largest absolute Gasteiger partial charge is 0.491 e. The van der Waals surface area contributed by atoms with Crippen LogP contribution < -0.4 is 4.74 Å². The molecule has 1 atom stereocenters. The standard InChI is InChI=1S/C12H9F3O3S/c1-6-2-3-7-8(4-6)18-5-9(10(7)16)19-11(17)12(13,14)15/h2-4,9H,5H2,1H3. The zero-order valence-electron chi connectivity index (χ0n) is 9.78. The first kappa shape index (κ1) is 13.9. The zero-order chi connectivity index (χ0) is 14.2. The lowest BCUT2D eigenvalue weighted by Gasteiger charge is -2.23. The number of halogens is 3. The van der Waals surface area contributed by atoms with E-state index in [1.54, 1.807) is 12.1 Å². The molecular weight excluding hydrogens is 281 g/mol. The molecule has 0 saturated carbocycles. The Morgan fingerprint density at radius 1 is 1.42 bits per heavy atom. The summed E-state index contributed by atoms with van der Waals surface area (Å²) in [7, 11) is 0. The van der Waals surface area contributed by atoms with Gasteiger partial charge in [-0.3, -0.25) is 9.59 Å². The highest BCUT2D eigenvalue weighted by Gasteiger charge is 2.43. The Balaban J connectivity index is 2.18. The van der Waals surface area contributed by atoms with Gasteiger partial charge in [0.15, 0.2) is 5.78 Å². The van der Waals surface area contributed by atoms with Crippen LogP contribution in [0.5, 0.6) is 5.75 Å². The van der Waals surface area contributed by atoms with Crippen LogP contribution in [0.1, 0.15) is 15.9 Å². The molecular formula is C12H9F3O3S. The Kier molecular flexibility index (Phi) is 3.58. The molecule has 102 valence electrons. The first-order valence-corrected chi connectivity index (χ1v) is 6.22. The van der Waals surface area contributed by atoms with Gasteiger partial charge in [0, 0.05) is 0 Å². The summed E-state index contributed by atoms with van der Waals surface area (Å²) >= 11 is -0.0351. The van der Waals surface area contributed by atoms with E-state index in [1.807, 2.05) is 6.92 Å². The molecule has 3 nitrogen and oxygen atoms in total. The molecule has 1 heterocycles. The normalized spacial score (nSPS) is 18.7. The van der Waals surface area contributed by atoms with Gasteiger partial charge in [0.05, 0.1) is 5.56 Å². The van der Waals surface area contributed by atoms with Gasteiger partial charge in [-0.25, -0.2) is 0 Å². The van der Waals surface area contributed by atoms with E-state index in [2.05, 4.69) is 0 Å². The summed E-state index contributed by atoms with van der Waals surface area (Å²) in [6.07, 6.45) is -4.95. The molecule has 0 fully saturated rings. The number of alkyl halides is 3. The number of hydrogen-bond acceptors (Lipinski definition) is 4. The maximum Gasteiger partial charge on any atom is 0.460 e. The third-order valence-electron chi connectivity index (χ3n) is 2.57. The molecule has 0 spiro atoms.